The first-order chi connectivity index (χ1) is 30.7. The fourth-order valence-electron chi connectivity index (χ4n) is 15.1. The van der Waals surface area contributed by atoms with Gasteiger partial charge in [0.1, 0.15) is 0 Å². The minimum absolute atomic E-state index is 0.393. The maximum Gasteiger partial charge on any atom is 0.0765 e. The van der Waals surface area contributed by atoms with Crippen LogP contribution in [0.2, 0.25) is 0 Å². The molecule has 0 saturated heterocycles. The molecule has 4 aliphatic carbocycles. The molecule has 2 bridgehead atoms. The predicted molar refractivity (Wildman–Crippen MR) is 255 cm³/mol. The summed E-state index contributed by atoms with van der Waals surface area (Å²) in [5.41, 5.74) is 17.3. The fraction of sp³-hybridized carbons (Fsp3) is 0.186. The Balaban J connectivity index is 1.00. The van der Waals surface area contributed by atoms with Crippen LogP contribution in [-0.2, 0) is 10.8 Å². The number of anilines is 3. The maximum atomic E-state index is 2.60. The Labute approximate surface area is 366 Å². The first-order valence-corrected chi connectivity index (χ1v) is 23.6. The largest absolute Gasteiger partial charge is 0.309 e. The minimum atomic E-state index is -0.553. The first kappa shape index (κ1) is 34.3. The molecule has 3 heteroatoms. The van der Waals surface area contributed by atoms with Gasteiger partial charge in [-0.1, -0.05) is 157 Å². The first-order valence-electron chi connectivity index (χ1n) is 22.8. The molecule has 1 aromatic heterocycles. The summed E-state index contributed by atoms with van der Waals surface area (Å²) in [6.07, 6.45) is 7.26. The molecule has 0 amide bonds. The Bertz CT molecular complexity index is 3360. The Morgan fingerprint density at radius 1 is 0.516 bits per heavy atom. The van der Waals surface area contributed by atoms with Crippen molar-refractivity contribution in [1.82, 2.24) is 4.57 Å². The fourth-order valence-corrected chi connectivity index (χ4v) is 16.4. The number of hydrogen-bond donors (Lipinski definition) is 0. The summed E-state index contributed by atoms with van der Waals surface area (Å²) in [7, 11) is 0. The van der Waals surface area contributed by atoms with Gasteiger partial charge in [0.05, 0.1) is 33.5 Å². The van der Waals surface area contributed by atoms with E-state index in [1.807, 2.05) is 11.8 Å². The molecule has 0 radical (unpaired) electrons. The van der Waals surface area contributed by atoms with Crippen LogP contribution in [0.4, 0.5) is 17.1 Å². The van der Waals surface area contributed by atoms with Gasteiger partial charge in [-0.2, -0.15) is 0 Å². The molecule has 6 atom stereocenters. The summed E-state index contributed by atoms with van der Waals surface area (Å²) in [6.45, 7) is 0. The van der Waals surface area contributed by atoms with Gasteiger partial charge in [0.2, 0.25) is 0 Å². The molecule has 3 heterocycles. The zero-order valence-corrected chi connectivity index (χ0v) is 35.3. The molecule has 4 saturated carbocycles. The van der Waals surface area contributed by atoms with E-state index in [1.54, 1.807) is 5.56 Å². The third kappa shape index (κ3) is 3.98. The summed E-state index contributed by atoms with van der Waals surface area (Å²) < 4.78 is 2.55. The Morgan fingerprint density at radius 2 is 1.23 bits per heavy atom. The quantitative estimate of drug-likeness (QED) is 0.171. The molecule has 62 heavy (non-hydrogen) atoms. The molecule has 15 rings (SSSR count). The molecule has 9 aromatic rings. The van der Waals surface area contributed by atoms with E-state index < -0.39 is 5.41 Å². The van der Waals surface area contributed by atoms with Crippen molar-refractivity contribution in [2.45, 2.75) is 52.7 Å². The highest BCUT2D eigenvalue weighted by Gasteiger charge is 2.80. The predicted octanol–water partition coefficient (Wildman–Crippen LogP) is 15.2. The third-order valence-electron chi connectivity index (χ3n) is 17.1. The highest BCUT2D eigenvalue weighted by molar-refractivity contribution is 7.99. The monoisotopic (exact) mass is 812 g/mol. The average molecular weight is 813 g/mol. The molecule has 296 valence electrons. The molecule has 8 aromatic carbocycles. The lowest BCUT2D eigenvalue weighted by molar-refractivity contribution is -0.198. The smallest absolute Gasteiger partial charge is 0.0765 e. The van der Waals surface area contributed by atoms with Crippen LogP contribution < -0.4 is 4.90 Å². The van der Waals surface area contributed by atoms with Crippen molar-refractivity contribution in [2.75, 3.05) is 4.90 Å². The van der Waals surface area contributed by atoms with E-state index in [0.29, 0.717) is 10.8 Å². The van der Waals surface area contributed by atoms with Crippen LogP contribution in [0.15, 0.2) is 198 Å². The topological polar surface area (TPSA) is 8.17 Å². The van der Waals surface area contributed by atoms with Crippen molar-refractivity contribution < 1.29 is 0 Å². The lowest BCUT2D eigenvalue weighted by Crippen LogP contribution is -2.68. The zero-order chi connectivity index (χ0) is 40.4. The van der Waals surface area contributed by atoms with E-state index in [1.165, 1.54) is 120 Å². The van der Waals surface area contributed by atoms with E-state index in [0.717, 1.165) is 17.8 Å². The number of fused-ring (bicyclic) bond motifs is 12. The number of nitrogens with zero attached hydrogens (tertiary/aromatic N) is 2. The van der Waals surface area contributed by atoms with Crippen LogP contribution in [0, 0.1) is 23.2 Å². The number of benzene rings is 8. The molecule has 6 aliphatic rings. The number of hydrogen-bond acceptors (Lipinski definition) is 2. The van der Waals surface area contributed by atoms with E-state index in [2.05, 4.69) is 198 Å². The van der Waals surface area contributed by atoms with Gasteiger partial charge >= 0.3 is 0 Å². The molecule has 2 nitrogen and oxygen atoms in total. The molecule has 0 N–H and O–H groups in total. The summed E-state index contributed by atoms with van der Waals surface area (Å²) >= 11 is 1.94. The minimum Gasteiger partial charge on any atom is -0.309 e. The summed E-state index contributed by atoms with van der Waals surface area (Å²) in [4.78, 5) is 5.21. The summed E-state index contributed by atoms with van der Waals surface area (Å²) in [5, 5.41) is 2.60. The highest BCUT2D eigenvalue weighted by atomic mass is 32.2. The van der Waals surface area contributed by atoms with Crippen LogP contribution >= 0.6 is 11.8 Å². The highest BCUT2D eigenvalue weighted by Crippen LogP contribution is 2.86. The lowest BCUT2D eigenvalue weighted by Gasteiger charge is -2.73. The van der Waals surface area contributed by atoms with Crippen molar-refractivity contribution in [3.8, 4) is 16.8 Å². The molecule has 4 fully saturated rings. The van der Waals surface area contributed by atoms with Gasteiger partial charge in [-0.15, -0.1) is 0 Å². The standard InChI is InChI=1S/C59H44N2S/c1-2-14-38(15-3-1)43-16-4-8-23-50(43)60(42-30-28-39(29-31-42)57-34-37-32-40-33-41(36-57)58(40,57)35-37)53-26-13-22-49-56(53)62-54-27-11-7-20-47(54)59(49)46-19-6-10-25-52(46)61-51-24-9-5-17-44(51)45-18-12-21-48(59)55(45)61/h1-31,37,40-41H,32-36H2. The molecular weight excluding hydrogens is 769 g/mol. The normalized spacial score (nSPS) is 26.4. The van der Waals surface area contributed by atoms with Gasteiger partial charge in [0, 0.05) is 37.2 Å². The SMILES string of the molecule is c1ccc(-c2ccccc2N(c2ccc(C34CC5CC6CC(C3)C64C5)cc2)c2cccc3c2Sc2ccccc2C32c3ccccc3-n3c4ccccc4c4cccc2c43)cc1. The van der Waals surface area contributed by atoms with Crippen molar-refractivity contribution >= 4 is 50.6 Å². The van der Waals surface area contributed by atoms with Crippen LogP contribution in [0.3, 0.4) is 0 Å². The number of aromatic nitrogens is 1. The second-order valence-electron chi connectivity index (χ2n) is 19.3. The zero-order valence-electron chi connectivity index (χ0n) is 34.5. The van der Waals surface area contributed by atoms with Gasteiger partial charge in [0.15, 0.2) is 0 Å². The molecule has 6 unspecified atom stereocenters. The van der Waals surface area contributed by atoms with E-state index in [-0.39, 0.29) is 0 Å². The Morgan fingerprint density at radius 3 is 2.11 bits per heavy atom. The van der Waals surface area contributed by atoms with E-state index in [4.69, 9.17) is 0 Å². The van der Waals surface area contributed by atoms with Crippen LogP contribution in [0.5, 0.6) is 0 Å². The van der Waals surface area contributed by atoms with Crippen LogP contribution in [0.25, 0.3) is 38.6 Å². The molecular formula is C59H44N2S. The van der Waals surface area contributed by atoms with Gasteiger partial charge in [-0.3, -0.25) is 0 Å². The van der Waals surface area contributed by atoms with Crippen molar-refractivity contribution in [3.05, 3.63) is 216 Å². The second-order valence-corrected chi connectivity index (χ2v) is 20.4. The van der Waals surface area contributed by atoms with Crippen molar-refractivity contribution in [3.63, 3.8) is 0 Å². The second kappa shape index (κ2) is 12.0. The maximum absolute atomic E-state index is 2.60. The average Bonchev–Trinajstić information content (AvgIpc) is 3.96. The number of rotatable bonds is 5. The van der Waals surface area contributed by atoms with Crippen LogP contribution in [-0.4, -0.2) is 4.57 Å². The van der Waals surface area contributed by atoms with Crippen molar-refractivity contribution in [1.29, 1.82) is 0 Å². The van der Waals surface area contributed by atoms with Gasteiger partial charge in [-0.25, -0.2) is 0 Å². The lowest BCUT2D eigenvalue weighted by atomic mass is 9.31. The Hall–Kier alpha value is -6.29. The van der Waals surface area contributed by atoms with Crippen molar-refractivity contribution in [2.24, 2.45) is 23.2 Å². The van der Waals surface area contributed by atoms with Gasteiger partial charge in [0.25, 0.3) is 0 Å². The van der Waals surface area contributed by atoms with Gasteiger partial charge in [-0.05, 0) is 131 Å². The third-order valence-corrected chi connectivity index (χ3v) is 18.3. The number of para-hydroxylation sites is 4. The van der Waals surface area contributed by atoms with E-state index in [9.17, 15) is 0 Å². The Kier molecular flexibility index (Phi) is 6.64. The summed E-state index contributed by atoms with van der Waals surface area (Å²) in [5.74, 6) is 2.87. The molecule has 2 spiro atoms. The van der Waals surface area contributed by atoms with Gasteiger partial charge < -0.3 is 9.47 Å². The molecule has 2 aliphatic heterocycles. The summed E-state index contributed by atoms with van der Waals surface area (Å²) in [6, 6.07) is 71.7. The van der Waals surface area contributed by atoms with E-state index >= 15 is 0 Å². The van der Waals surface area contributed by atoms with Crippen LogP contribution in [0.1, 0.15) is 59.9 Å².